The molecule has 18 heavy (non-hydrogen) atoms. The first-order chi connectivity index (χ1) is 8.61. The molecule has 0 saturated heterocycles. The maximum atomic E-state index is 13.8. The van der Waals surface area contributed by atoms with Gasteiger partial charge in [-0.15, -0.1) is 0 Å². The number of imidazole rings is 1. The zero-order valence-electron chi connectivity index (χ0n) is 10.0. The van der Waals surface area contributed by atoms with Gasteiger partial charge in [-0.05, 0) is 11.5 Å². The Morgan fingerprint density at radius 2 is 2.17 bits per heavy atom. The molecular weight excluding hydrogens is 234 g/mol. The average molecular weight is 248 g/mol. The fourth-order valence-electron chi connectivity index (χ4n) is 1.83. The van der Waals surface area contributed by atoms with Gasteiger partial charge in [0.1, 0.15) is 11.6 Å². The summed E-state index contributed by atoms with van der Waals surface area (Å²) in [6.45, 7) is 2.37. The van der Waals surface area contributed by atoms with E-state index in [0.29, 0.717) is 12.1 Å². The number of nitrogens with zero attached hydrogens (tertiary/aromatic N) is 2. The summed E-state index contributed by atoms with van der Waals surface area (Å²) in [6, 6.07) is 4.21. The summed E-state index contributed by atoms with van der Waals surface area (Å²) in [4.78, 5) is 4.17. The van der Waals surface area contributed by atoms with Crippen molar-refractivity contribution in [2.24, 2.45) is 0 Å². The molecule has 2 rings (SSSR count). The lowest BCUT2D eigenvalue weighted by atomic mass is 9.80. The molecule has 1 aromatic heterocycles. The smallest absolute Gasteiger partial charge is 0.423 e. The summed E-state index contributed by atoms with van der Waals surface area (Å²) in [5, 5.41) is 17.9. The number of hydrogen-bond acceptors (Lipinski definition) is 3. The molecule has 0 atom stereocenters. The van der Waals surface area contributed by atoms with Crippen LogP contribution >= 0.6 is 0 Å². The largest absolute Gasteiger partial charge is 0.488 e. The van der Waals surface area contributed by atoms with Crippen molar-refractivity contribution in [3.8, 4) is 0 Å². The van der Waals surface area contributed by atoms with Crippen LogP contribution in [0, 0.1) is 5.82 Å². The zero-order valence-corrected chi connectivity index (χ0v) is 10.0. The van der Waals surface area contributed by atoms with E-state index in [1.165, 1.54) is 6.07 Å². The molecule has 0 aliphatic rings. The zero-order chi connectivity index (χ0) is 13.1. The molecule has 0 unspecified atom stereocenters. The van der Waals surface area contributed by atoms with Gasteiger partial charge < -0.3 is 14.6 Å². The van der Waals surface area contributed by atoms with Gasteiger partial charge in [-0.1, -0.05) is 19.1 Å². The number of aryl methyl sites for hydroxylation is 1. The third-order valence-electron chi connectivity index (χ3n) is 2.83. The predicted molar refractivity (Wildman–Crippen MR) is 66.9 cm³/mol. The van der Waals surface area contributed by atoms with E-state index in [4.69, 9.17) is 10.0 Å². The summed E-state index contributed by atoms with van der Waals surface area (Å²) in [5.41, 5.74) is 0.643. The quantitative estimate of drug-likeness (QED) is 0.766. The normalized spacial score (nSPS) is 10.7. The first-order valence-electron chi connectivity index (χ1n) is 5.76. The minimum Gasteiger partial charge on any atom is -0.423 e. The highest BCUT2D eigenvalue weighted by Gasteiger charge is 2.14. The first kappa shape index (κ1) is 12.8. The van der Waals surface area contributed by atoms with Crippen molar-refractivity contribution < 1.29 is 14.4 Å². The average Bonchev–Trinajstić information content (AvgIpc) is 2.78. The molecule has 0 radical (unpaired) electrons. The van der Waals surface area contributed by atoms with E-state index < -0.39 is 12.9 Å². The van der Waals surface area contributed by atoms with Gasteiger partial charge in [0.2, 0.25) is 0 Å². The molecule has 1 aromatic carbocycles. The van der Waals surface area contributed by atoms with Crippen molar-refractivity contribution in [3.05, 3.63) is 47.8 Å². The van der Waals surface area contributed by atoms with Crippen molar-refractivity contribution in [2.75, 3.05) is 0 Å². The second kappa shape index (κ2) is 5.33. The van der Waals surface area contributed by atoms with Crippen LogP contribution in [0.25, 0.3) is 0 Å². The number of hydrogen-bond donors (Lipinski definition) is 2. The molecule has 4 nitrogen and oxygen atoms in total. The van der Waals surface area contributed by atoms with Crippen LogP contribution in [0.1, 0.15) is 18.3 Å². The molecule has 0 saturated carbocycles. The van der Waals surface area contributed by atoms with Crippen LogP contribution < -0.4 is 5.46 Å². The lowest BCUT2D eigenvalue weighted by Gasteiger charge is -2.09. The number of halogens is 1. The molecule has 6 heteroatoms. The molecule has 94 valence electrons. The monoisotopic (exact) mass is 248 g/mol. The SMILES string of the molecule is CCc1nccn1Cc1ccc(B(O)O)cc1F. The van der Waals surface area contributed by atoms with Gasteiger partial charge in [-0.25, -0.2) is 9.37 Å². The second-order valence-electron chi connectivity index (χ2n) is 4.05. The Balaban J connectivity index is 2.25. The maximum absolute atomic E-state index is 13.8. The van der Waals surface area contributed by atoms with Crippen LogP contribution in [-0.4, -0.2) is 26.7 Å². The van der Waals surface area contributed by atoms with Gasteiger partial charge in [0.25, 0.3) is 0 Å². The van der Waals surface area contributed by atoms with E-state index in [2.05, 4.69) is 4.98 Å². The van der Waals surface area contributed by atoms with Gasteiger partial charge in [-0.2, -0.15) is 0 Å². The Bertz CT molecular complexity index is 543. The van der Waals surface area contributed by atoms with Crippen LogP contribution in [0.2, 0.25) is 0 Å². The van der Waals surface area contributed by atoms with E-state index in [1.807, 2.05) is 11.5 Å². The van der Waals surface area contributed by atoms with Crippen LogP contribution in [0.3, 0.4) is 0 Å². The van der Waals surface area contributed by atoms with Gasteiger partial charge in [0.05, 0.1) is 6.54 Å². The Kier molecular flexibility index (Phi) is 3.79. The highest BCUT2D eigenvalue weighted by molar-refractivity contribution is 6.58. The van der Waals surface area contributed by atoms with Crippen LogP contribution in [-0.2, 0) is 13.0 Å². The fraction of sp³-hybridized carbons (Fsp3) is 0.250. The van der Waals surface area contributed by atoms with Crippen LogP contribution in [0.4, 0.5) is 4.39 Å². The fourth-order valence-corrected chi connectivity index (χ4v) is 1.83. The molecule has 0 aliphatic carbocycles. The summed E-state index contributed by atoms with van der Waals surface area (Å²) in [5.74, 6) is 0.442. The molecule has 2 N–H and O–H groups in total. The van der Waals surface area contributed by atoms with Gasteiger partial charge in [-0.3, -0.25) is 0 Å². The topological polar surface area (TPSA) is 58.3 Å². The Morgan fingerprint density at radius 1 is 1.39 bits per heavy atom. The first-order valence-corrected chi connectivity index (χ1v) is 5.76. The standard InChI is InChI=1S/C12H14BFN2O2/c1-2-12-15-5-6-16(12)8-9-3-4-10(13(17)18)7-11(9)14/h3-7,17-18H,2,8H2,1H3. The van der Waals surface area contributed by atoms with E-state index in [1.54, 1.807) is 18.5 Å². The van der Waals surface area contributed by atoms with Crippen molar-refractivity contribution in [3.63, 3.8) is 0 Å². The van der Waals surface area contributed by atoms with Crippen molar-refractivity contribution in [2.45, 2.75) is 19.9 Å². The molecule has 1 heterocycles. The molecule has 0 amide bonds. The van der Waals surface area contributed by atoms with Gasteiger partial charge in [0, 0.05) is 24.4 Å². The molecular formula is C12H14BFN2O2. The lowest BCUT2D eigenvalue weighted by Crippen LogP contribution is -2.30. The predicted octanol–water partition coefficient (Wildman–Crippen LogP) is 0.313. The Hall–Kier alpha value is -1.66. The summed E-state index contributed by atoms with van der Waals surface area (Å²) in [7, 11) is -1.65. The second-order valence-corrected chi connectivity index (χ2v) is 4.05. The minimum atomic E-state index is -1.65. The third-order valence-corrected chi connectivity index (χ3v) is 2.83. The maximum Gasteiger partial charge on any atom is 0.488 e. The van der Waals surface area contributed by atoms with Gasteiger partial charge in [0.15, 0.2) is 0 Å². The molecule has 0 bridgehead atoms. The van der Waals surface area contributed by atoms with Crippen LogP contribution in [0.5, 0.6) is 0 Å². The number of aromatic nitrogens is 2. The molecule has 2 aromatic rings. The molecule has 0 aliphatic heterocycles. The highest BCUT2D eigenvalue weighted by Crippen LogP contribution is 2.09. The summed E-state index contributed by atoms with van der Waals surface area (Å²) in [6.07, 6.45) is 4.26. The minimum absolute atomic E-state index is 0.151. The van der Waals surface area contributed by atoms with Crippen LogP contribution in [0.15, 0.2) is 30.6 Å². The van der Waals surface area contributed by atoms with E-state index in [0.717, 1.165) is 18.3 Å². The molecule has 0 fully saturated rings. The van der Waals surface area contributed by atoms with Crippen molar-refractivity contribution >= 4 is 12.6 Å². The highest BCUT2D eigenvalue weighted by atomic mass is 19.1. The number of rotatable bonds is 4. The van der Waals surface area contributed by atoms with E-state index in [-0.39, 0.29) is 5.46 Å². The van der Waals surface area contributed by atoms with Gasteiger partial charge >= 0.3 is 7.12 Å². The summed E-state index contributed by atoms with van der Waals surface area (Å²) >= 11 is 0. The summed E-state index contributed by atoms with van der Waals surface area (Å²) < 4.78 is 15.7. The third kappa shape index (κ3) is 2.60. The Labute approximate surface area is 105 Å². The molecule has 0 spiro atoms. The van der Waals surface area contributed by atoms with E-state index >= 15 is 0 Å². The Morgan fingerprint density at radius 3 is 2.78 bits per heavy atom. The van der Waals surface area contributed by atoms with Crippen molar-refractivity contribution in [1.82, 2.24) is 9.55 Å². The lowest BCUT2D eigenvalue weighted by molar-refractivity contribution is 0.425. The number of benzene rings is 1. The van der Waals surface area contributed by atoms with E-state index in [9.17, 15) is 4.39 Å². The van der Waals surface area contributed by atoms with Crippen molar-refractivity contribution in [1.29, 1.82) is 0 Å².